The number of aryl methyl sites for hydroxylation is 1. The van der Waals surface area contributed by atoms with Crippen molar-refractivity contribution in [3.05, 3.63) is 42.0 Å². The van der Waals surface area contributed by atoms with Gasteiger partial charge in [0.1, 0.15) is 11.5 Å². The highest BCUT2D eigenvalue weighted by Gasteiger charge is 2.18. The molecule has 0 aliphatic rings. The smallest absolute Gasteiger partial charge is 0.238 e. The zero-order chi connectivity index (χ0) is 19.2. The third-order valence-corrected chi connectivity index (χ3v) is 4.73. The Labute approximate surface area is 160 Å². The molecule has 9 heteroatoms. The molecule has 1 unspecified atom stereocenters. The molecule has 3 rings (SSSR count). The second kappa shape index (κ2) is 8.72. The molecule has 0 fully saturated rings. The molecule has 0 radical (unpaired) electrons. The van der Waals surface area contributed by atoms with E-state index in [1.807, 2.05) is 31.2 Å². The van der Waals surface area contributed by atoms with Crippen LogP contribution in [0.3, 0.4) is 0 Å². The largest absolute Gasteiger partial charge is 0.493 e. The molecule has 27 heavy (non-hydrogen) atoms. The zero-order valence-electron chi connectivity index (χ0n) is 15.3. The fraction of sp³-hybridized carbons (Fsp3) is 0.333. The Hall–Kier alpha value is -2.81. The van der Waals surface area contributed by atoms with Crippen LogP contribution in [0.4, 0.5) is 5.82 Å². The van der Waals surface area contributed by atoms with Crippen LogP contribution in [-0.4, -0.2) is 33.1 Å². The van der Waals surface area contributed by atoms with Crippen molar-refractivity contribution in [3.8, 4) is 17.1 Å². The van der Waals surface area contributed by atoms with Gasteiger partial charge in [0.15, 0.2) is 5.82 Å². The van der Waals surface area contributed by atoms with Crippen LogP contribution in [0.15, 0.2) is 39.4 Å². The number of ether oxygens (including phenoxy) is 1. The summed E-state index contributed by atoms with van der Waals surface area (Å²) in [4.78, 5) is 16.6. The van der Waals surface area contributed by atoms with Crippen LogP contribution in [0.2, 0.25) is 0 Å². The first kappa shape index (κ1) is 19.0. The number of hydrogen-bond donors (Lipinski definition) is 1. The number of thioether (sulfide) groups is 1. The summed E-state index contributed by atoms with van der Waals surface area (Å²) in [6.45, 7) is 6.03. The van der Waals surface area contributed by atoms with Crippen LogP contribution < -0.4 is 10.1 Å². The molecule has 142 valence electrons. The number of aromatic nitrogens is 3. The minimum absolute atomic E-state index is 0.172. The quantitative estimate of drug-likeness (QED) is 0.623. The molecule has 2 heterocycles. The lowest BCUT2D eigenvalue weighted by Crippen LogP contribution is -2.22. The summed E-state index contributed by atoms with van der Waals surface area (Å²) < 4.78 is 15.8. The number of carbonyl (C=O) groups is 1. The van der Waals surface area contributed by atoms with Crippen molar-refractivity contribution < 1.29 is 18.6 Å². The van der Waals surface area contributed by atoms with Gasteiger partial charge in [0.25, 0.3) is 0 Å². The van der Waals surface area contributed by atoms with Gasteiger partial charge in [-0.05, 0) is 32.9 Å². The van der Waals surface area contributed by atoms with E-state index in [-0.39, 0.29) is 11.2 Å². The van der Waals surface area contributed by atoms with Crippen LogP contribution in [-0.2, 0) is 10.5 Å². The molecule has 3 aromatic rings. The highest BCUT2D eigenvalue weighted by atomic mass is 32.2. The van der Waals surface area contributed by atoms with Crippen LogP contribution in [0.25, 0.3) is 11.4 Å². The van der Waals surface area contributed by atoms with Crippen molar-refractivity contribution in [2.24, 2.45) is 0 Å². The van der Waals surface area contributed by atoms with Crippen molar-refractivity contribution >= 4 is 23.5 Å². The lowest BCUT2D eigenvalue weighted by Gasteiger charge is -2.08. The summed E-state index contributed by atoms with van der Waals surface area (Å²) in [7, 11) is 0. The third kappa shape index (κ3) is 4.88. The van der Waals surface area contributed by atoms with E-state index in [4.69, 9.17) is 13.8 Å². The maximum Gasteiger partial charge on any atom is 0.238 e. The fourth-order valence-corrected chi connectivity index (χ4v) is 3.00. The minimum Gasteiger partial charge on any atom is -0.493 e. The van der Waals surface area contributed by atoms with E-state index in [9.17, 15) is 4.79 Å². The predicted molar refractivity (Wildman–Crippen MR) is 102 cm³/mol. The summed E-state index contributed by atoms with van der Waals surface area (Å²) in [5, 5.41) is 10.1. The van der Waals surface area contributed by atoms with Crippen molar-refractivity contribution in [3.63, 3.8) is 0 Å². The zero-order valence-corrected chi connectivity index (χ0v) is 16.1. The summed E-state index contributed by atoms with van der Waals surface area (Å²) in [5.41, 5.74) is 0.770. The van der Waals surface area contributed by atoms with Crippen molar-refractivity contribution in [2.45, 2.75) is 31.8 Å². The summed E-state index contributed by atoms with van der Waals surface area (Å²) in [5.74, 6) is 2.89. The van der Waals surface area contributed by atoms with Crippen molar-refractivity contribution in [1.82, 2.24) is 15.3 Å². The monoisotopic (exact) mass is 388 g/mol. The molecular formula is C18H20N4O4S. The molecule has 1 N–H and O–H groups in total. The second-order valence-corrected chi connectivity index (χ2v) is 7.04. The van der Waals surface area contributed by atoms with E-state index in [0.717, 1.165) is 5.56 Å². The van der Waals surface area contributed by atoms with E-state index in [1.165, 1.54) is 11.8 Å². The Morgan fingerprint density at radius 2 is 2.11 bits per heavy atom. The summed E-state index contributed by atoms with van der Waals surface area (Å²) in [6.07, 6.45) is 0. The molecule has 0 aliphatic carbocycles. The summed E-state index contributed by atoms with van der Waals surface area (Å²) in [6, 6.07) is 9.18. The Kier molecular flexibility index (Phi) is 6.12. The second-order valence-electron chi connectivity index (χ2n) is 5.71. The van der Waals surface area contributed by atoms with Crippen LogP contribution >= 0.6 is 11.8 Å². The fourth-order valence-electron chi connectivity index (χ4n) is 2.28. The molecular weight excluding hydrogens is 368 g/mol. The predicted octanol–water partition coefficient (Wildman–Crippen LogP) is 3.69. The van der Waals surface area contributed by atoms with Crippen LogP contribution in [0.5, 0.6) is 5.75 Å². The number of amides is 1. The first-order valence-corrected chi connectivity index (χ1v) is 9.52. The van der Waals surface area contributed by atoms with Gasteiger partial charge < -0.3 is 19.1 Å². The first-order chi connectivity index (χ1) is 13.1. The van der Waals surface area contributed by atoms with Gasteiger partial charge in [0.2, 0.25) is 17.6 Å². The molecule has 1 aromatic carbocycles. The Morgan fingerprint density at radius 1 is 1.30 bits per heavy atom. The van der Waals surface area contributed by atoms with Crippen molar-refractivity contribution in [1.29, 1.82) is 0 Å². The topological polar surface area (TPSA) is 103 Å². The molecule has 1 amide bonds. The van der Waals surface area contributed by atoms with E-state index < -0.39 is 0 Å². The molecule has 1 atom stereocenters. The number of hydrogen-bond acceptors (Lipinski definition) is 8. The highest BCUT2D eigenvalue weighted by Crippen LogP contribution is 2.28. The number of rotatable bonds is 8. The van der Waals surface area contributed by atoms with E-state index in [0.29, 0.717) is 41.4 Å². The molecule has 0 saturated carbocycles. The lowest BCUT2D eigenvalue weighted by molar-refractivity contribution is -0.115. The van der Waals surface area contributed by atoms with Crippen LogP contribution in [0.1, 0.15) is 25.5 Å². The molecule has 8 nitrogen and oxygen atoms in total. The average molecular weight is 388 g/mol. The lowest BCUT2D eigenvalue weighted by atomic mass is 10.2. The van der Waals surface area contributed by atoms with Gasteiger partial charge in [-0.15, -0.1) is 11.8 Å². The van der Waals surface area contributed by atoms with Gasteiger partial charge >= 0.3 is 0 Å². The molecule has 0 aliphatic heterocycles. The van der Waals surface area contributed by atoms with Gasteiger partial charge in [0.05, 0.1) is 23.2 Å². The first-order valence-electron chi connectivity index (χ1n) is 8.47. The number of benzene rings is 1. The summed E-state index contributed by atoms with van der Waals surface area (Å²) >= 11 is 1.39. The maximum atomic E-state index is 12.2. The normalized spacial score (nSPS) is 12.0. The number of carbonyl (C=O) groups excluding carboxylic acids is 1. The number of para-hydroxylation sites is 1. The van der Waals surface area contributed by atoms with E-state index in [1.54, 1.807) is 19.9 Å². The molecule has 0 spiro atoms. The van der Waals surface area contributed by atoms with Gasteiger partial charge in [-0.3, -0.25) is 4.79 Å². The minimum atomic E-state index is -0.326. The third-order valence-electron chi connectivity index (χ3n) is 3.60. The van der Waals surface area contributed by atoms with Gasteiger partial charge in [-0.1, -0.05) is 22.4 Å². The molecule has 0 saturated heterocycles. The standard InChI is InChI=1S/C18H20N4O4S/c1-4-24-14-8-6-5-7-13(14)17-20-16(26-22-17)10-27-12(3)18(23)19-15-9-11(2)25-21-15/h5-9,12H,4,10H2,1-3H3,(H,19,21,23). The SMILES string of the molecule is CCOc1ccccc1-c1noc(CSC(C)C(=O)Nc2cc(C)on2)n1. The van der Waals surface area contributed by atoms with Crippen LogP contribution in [0, 0.1) is 6.92 Å². The Balaban J connectivity index is 1.58. The number of anilines is 1. The van der Waals surface area contributed by atoms with Gasteiger partial charge in [0, 0.05) is 6.07 Å². The molecule has 2 aromatic heterocycles. The number of nitrogens with one attached hydrogen (secondary N) is 1. The number of nitrogens with zero attached hydrogens (tertiary/aromatic N) is 3. The van der Waals surface area contributed by atoms with E-state index >= 15 is 0 Å². The Bertz CT molecular complexity index is 908. The van der Waals surface area contributed by atoms with Gasteiger partial charge in [-0.25, -0.2) is 0 Å². The average Bonchev–Trinajstić information content (AvgIpc) is 3.29. The highest BCUT2D eigenvalue weighted by molar-refractivity contribution is 7.99. The Morgan fingerprint density at radius 3 is 2.85 bits per heavy atom. The maximum absolute atomic E-state index is 12.2. The van der Waals surface area contributed by atoms with Crippen molar-refractivity contribution in [2.75, 3.05) is 11.9 Å². The molecule has 0 bridgehead atoms. The van der Waals surface area contributed by atoms with E-state index in [2.05, 4.69) is 20.6 Å². The van der Waals surface area contributed by atoms with Gasteiger partial charge in [-0.2, -0.15) is 4.98 Å².